The first-order chi connectivity index (χ1) is 8.85. The largest absolute Gasteiger partial charge is 0.496 e. The number of carbonyl (C=O) groups is 1. The molecule has 0 aliphatic carbocycles. The number of methoxy groups -OCH3 is 1. The summed E-state index contributed by atoms with van der Waals surface area (Å²) in [6.07, 6.45) is 0.157. The Hall–Kier alpha value is -1.55. The Kier molecular flexibility index (Phi) is 5.36. The average Bonchev–Trinajstić information content (AvgIpc) is 2.32. The van der Waals surface area contributed by atoms with E-state index >= 15 is 0 Å². The fourth-order valence-electron chi connectivity index (χ4n) is 2.07. The highest BCUT2D eigenvalue weighted by Gasteiger charge is 2.15. The Morgan fingerprint density at radius 2 is 2.00 bits per heavy atom. The van der Waals surface area contributed by atoms with Gasteiger partial charge in [0, 0.05) is 12.6 Å². The Balaban J connectivity index is 2.82. The number of carboxylic acid groups (broad SMARTS) is 1. The first-order valence-electron chi connectivity index (χ1n) is 6.41. The third-order valence-electron chi connectivity index (χ3n) is 3.50. The van der Waals surface area contributed by atoms with Gasteiger partial charge < -0.3 is 9.84 Å². The molecule has 0 aliphatic heterocycles. The number of aryl methyl sites for hydroxylation is 2. The van der Waals surface area contributed by atoms with Crippen LogP contribution in [0.5, 0.6) is 5.75 Å². The molecule has 0 bridgehead atoms. The van der Waals surface area contributed by atoms with Gasteiger partial charge in [0.25, 0.3) is 0 Å². The van der Waals surface area contributed by atoms with E-state index in [-0.39, 0.29) is 12.5 Å². The molecule has 0 heterocycles. The van der Waals surface area contributed by atoms with Crippen molar-refractivity contribution < 1.29 is 14.6 Å². The van der Waals surface area contributed by atoms with Gasteiger partial charge in [0.05, 0.1) is 13.5 Å². The van der Waals surface area contributed by atoms with E-state index in [0.29, 0.717) is 0 Å². The predicted octanol–water partition coefficient (Wildman–Crippen LogP) is 2.61. The third-order valence-corrected chi connectivity index (χ3v) is 3.50. The first-order valence-corrected chi connectivity index (χ1v) is 6.41. The fourth-order valence-corrected chi connectivity index (χ4v) is 2.07. The van der Waals surface area contributed by atoms with Gasteiger partial charge in [-0.2, -0.15) is 0 Å². The molecule has 4 heteroatoms. The lowest BCUT2D eigenvalue weighted by molar-refractivity contribution is -0.138. The molecule has 1 rings (SSSR count). The Morgan fingerprint density at radius 3 is 2.53 bits per heavy atom. The van der Waals surface area contributed by atoms with E-state index in [4.69, 9.17) is 9.84 Å². The van der Waals surface area contributed by atoms with Crippen LogP contribution in [0.2, 0.25) is 0 Å². The van der Waals surface area contributed by atoms with Crippen LogP contribution in [0.1, 0.15) is 30.0 Å². The molecule has 1 N–H and O–H groups in total. The van der Waals surface area contributed by atoms with Crippen LogP contribution in [0.25, 0.3) is 0 Å². The van der Waals surface area contributed by atoms with Crippen molar-refractivity contribution in [2.24, 2.45) is 0 Å². The van der Waals surface area contributed by atoms with Crippen LogP contribution in [0, 0.1) is 13.8 Å². The summed E-state index contributed by atoms with van der Waals surface area (Å²) in [6.45, 7) is 6.74. The van der Waals surface area contributed by atoms with Gasteiger partial charge in [-0.1, -0.05) is 6.07 Å². The number of hydrogen-bond donors (Lipinski definition) is 1. The molecule has 0 aromatic heterocycles. The number of hydrogen-bond acceptors (Lipinski definition) is 3. The Bertz CT molecular complexity index is 457. The minimum absolute atomic E-state index is 0.0132. The van der Waals surface area contributed by atoms with Gasteiger partial charge in [-0.15, -0.1) is 0 Å². The second-order valence-electron chi connectivity index (χ2n) is 5.11. The number of benzene rings is 1. The van der Waals surface area contributed by atoms with Crippen LogP contribution in [0.4, 0.5) is 0 Å². The lowest BCUT2D eigenvalue weighted by Gasteiger charge is -2.24. The van der Waals surface area contributed by atoms with Crippen LogP contribution in [0.3, 0.4) is 0 Å². The summed E-state index contributed by atoms with van der Waals surface area (Å²) in [4.78, 5) is 12.8. The lowest BCUT2D eigenvalue weighted by atomic mass is 10.0. The normalized spacial score (nSPS) is 12.5. The highest BCUT2D eigenvalue weighted by Crippen LogP contribution is 2.23. The molecular weight excluding hydrogens is 242 g/mol. The van der Waals surface area contributed by atoms with E-state index in [0.717, 1.165) is 23.4 Å². The zero-order valence-electron chi connectivity index (χ0n) is 12.4. The molecule has 0 saturated heterocycles. The predicted molar refractivity (Wildman–Crippen MR) is 75.6 cm³/mol. The van der Waals surface area contributed by atoms with Crippen molar-refractivity contribution in [2.45, 2.75) is 39.8 Å². The number of rotatable bonds is 6. The molecule has 4 nitrogen and oxygen atoms in total. The number of carboxylic acids is 1. The summed E-state index contributed by atoms with van der Waals surface area (Å²) in [5, 5.41) is 8.82. The van der Waals surface area contributed by atoms with Gasteiger partial charge in [-0.05, 0) is 50.6 Å². The van der Waals surface area contributed by atoms with E-state index in [1.54, 1.807) is 7.11 Å². The van der Waals surface area contributed by atoms with Crippen molar-refractivity contribution >= 4 is 5.97 Å². The summed E-state index contributed by atoms with van der Waals surface area (Å²) < 4.78 is 5.29. The van der Waals surface area contributed by atoms with E-state index in [1.165, 1.54) is 5.56 Å². The van der Waals surface area contributed by atoms with Gasteiger partial charge in [-0.25, -0.2) is 0 Å². The summed E-state index contributed by atoms with van der Waals surface area (Å²) >= 11 is 0. The molecule has 0 spiro atoms. The number of aliphatic carboxylic acids is 1. The van der Waals surface area contributed by atoms with Crippen LogP contribution < -0.4 is 4.74 Å². The van der Waals surface area contributed by atoms with Gasteiger partial charge >= 0.3 is 5.97 Å². The summed E-state index contributed by atoms with van der Waals surface area (Å²) in [5.74, 6) is 0.129. The topological polar surface area (TPSA) is 49.8 Å². The van der Waals surface area contributed by atoms with Crippen LogP contribution in [-0.4, -0.2) is 36.2 Å². The Labute approximate surface area is 115 Å². The molecule has 106 valence electrons. The van der Waals surface area contributed by atoms with Gasteiger partial charge in [0.2, 0.25) is 0 Å². The van der Waals surface area contributed by atoms with Crippen molar-refractivity contribution in [3.05, 3.63) is 28.8 Å². The third kappa shape index (κ3) is 4.24. The molecular formula is C15H23NO3. The first kappa shape index (κ1) is 15.5. The van der Waals surface area contributed by atoms with E-state index < -0.39 is 5.97 Å². The quantitative estimate of drug-likeness (QED) is 0.859. The molecule has 1 aromatic rings. The van der Waals surface area contributed by atoms with Gasteiger partial charge in [-0.3, -0.25) is 9.69 Å². The second-order valence-corrected chi connectivity index (χ2v) is 5.11. The number of nitrogens with zero attached hydrogens (tertiary/aromatic N) is 1. The van der Waals surface area contributed by atoms with Gasteiger partial charge in [0.15, 0.2) is 0 Å². The molecule has 1 atom stereocenters. The van der Waals surface area contributed by atoms with Crippen molar-refractivity contribution in [3.63, 3.8) is 0 Å². The molecule has 0 aliphatic rings. The van der Waals surface area contributed by atoms with Crippen molar-refractivity contribution in [2.75, 3.05) is 14.2 Å². The molecule has 19 heavy (non-hydrogen) atoms. The monoisotopic (exact) mass is 265 g/mol. The smallest absolute Gasteiger partial charge is 0.304 e. The van der Waals surface area contributed by atoms with Gasteiger partial charge in [0.1, 0.15) is 5.75 Å². The maximum Gasteiger partial charge on any atom is 0.304 e. The maximum atomic E-state index is 10.7. The molecule has 0 radical (unpaired) electrons. The fraction of sp³-hybridized carbons (Fsp3) is 0.533. The SMILES string of the molecule is COc1cc(C)c(CN(C)C(C)CC(=O)O)cc1C. The van der Waals surface area contributed by atoms with Crippen LogP contribution in [-0.2, 0) is 11.3 Å². The lowest BCUT2D eigenvalue weighted by Crippen LogP contribution is -2.30. The zero-order valence-corrected chi connectivity index (χ0v) is 12.4. The molecule has 1 unspecified atom stereocenters. The molecule has 0 saturated carbocycles. The highest BCUT2D eigenvalue weighted by molar-refractivity contribution is 5.67. The van der Waals surface area contributed by atoms with Crippen LogP contribution in [0.15, 0.2) is 12.1 Å². The van der Waals surface area contributed by atoms with E-state index in [9.17, 15) is 4.79 Å². The van der Waals surface area contributed by atoms with Crippen molar-refractivity contribution in [1.82, 2.24) is 4.90 Å². The number of ether oxygens (including phenoxy) is 1. The zero-order chi connectivity index (χ0) is 14.6. The van der Waals surface area contributed by atoms with E-state index in [1.807, 2.05) is 33.9 Å². The Morgan fingerprint density at radius 1 is 1.37 bits per heavy atom. The van der Waals surface area contributed by atoms with Crippen LogP contribution >= 0.6 is 0 Å². The summed E-state index contributed by atoms with van der Waals surface area (Å²) in [5.41, 5.74) is 3.47. The van der Waals surface area contributed by atoms with E-state index in [2.05, 4.69) is 11.0 Å². The van der Waals surface area contributed by atoms with Crippen molar-refractivity contribution in [3.8, 4) is 5.75 Å². The standard InChI is InChI=1S/C15H23NO3/c1-10-7-14(19-5)11(2)6-13(10)9-16(4)12(3)8-15(17)18/h6-7,12H,8-9H2,1-5H3,(H,17,18). The minimum atomic E-state index is -0.762. The molecule has 0 amide bonds. The summed E-state index contributed by atoms with van der Waals surface area (Å²) in [6, 6.07) is 4.15. The maximum absolute atomic E-state index is 10.7. The molecule has 0 fully saturated rings. The summed E-state index contributed by atoms with van der Waals surface area (Å²) in [7, 11) is 3.62. The van der Waals surface area contributed by atoms with Crippen molar-refractivity contribution in [1.29, 1.82) is 0 Å². The highest BCUT2D eigenvalue weighted by atomic mass is 16.5. The second kappa shape index (κ2) is 6.57. The average molecular weight is 265 g/mol. The molecule has 1 aromatic carbocycles. The minimum Gasteiger partial charge on any atom is -0.496 e.